The Kier molecular flexibility index (Phi) is 5.80. The summed E-state index contributed by atoms with van der Waals surface area (Å²) in [7, 11) is 0. The smallest absolute Gasteiger partial charge is 0.228 e. The Morgan fingerprint density at radius 2 is 2.24 bits per heavy atom. The molecule has 1 aliphatic rings. The van der Waals surface area contributed by atoms with Crippen molar-refractivity contribution in [3.05, 3.63) is 0 Å². The molecule has 1 fully saturated rings. The van der Waals surface area contributed by atoms with Gasteiger partial charge in [0.2, 0.25) is 5.91 Å². The SMILES string of the molecule is CCC(CSC)NC(=O)C1(C(C)C)CCNC1. The molecule has 0 saturated carbocycles. The number of thioether (sulfide) groups is 1. The Bertz CT molecular complexity index is 250. The molecule has 4 heteroatoms. The molecule has 0 aromatic heterocycles. The van der Waals surface area contributed by atoms with E-state index in [9.17, 15) is 4.79 Å². The van der Waals surface area contributed by atoms with Crippen molar-refractivity contribution in [2.45, 2.75) is 39.7 Å². The molecule has 1 heterocycles. The molecule has 0 aromatic carbocycles. The Morgan fingerprint density at radius 3 is 2.65 bits per heavy atom. The Morgan fingerprint density at radius 1 is 1.53 bits per heavy atom. The van der Waals surface area contributed by atoms with Crippen LogP contribution in [-0.4, -0.2) is 37.0 Å². The van der Waals surface area contributed by atoms with Gasteiger partial charge in [-0.25, -0.2) is 0 Å². The molecule has 2 N–H and O–H groups in total. The number of carbonyl (C=O) groups excluding carboxylic acids is 1. The van der Waals surface area contributed by atoms with Crippen molar-refractivity contribution < 1.29 is 4.79 Å². The third kappa shape index (κ3) is 3.38. The largest absolute Gasteiger partial charge is 0.352 e. The maximum absolute atomic E-state index is 12.5. The molecule has 2 unspecified atom stereocenters. The molecule has 2 atom stereocenters. The van der Waals surface area contributed by atoms with Crippen LogP contribution in [0.25, 0.3) is 0 Å². The second-order valence-electron chi connectivity index (χ2n) is 5.27. The van der Waals surface area contributed by atoms with Gasteiger partial charge in [0.15, 0.2) is 0 Å². The van der Waals surface area contributed by atoms with Crippen LogP contribution in [0, 0.1) is 11.3 Å². The summed E-state index contributed by atoms with van der Waals surface area (Å²) in [5.74, 6) is 1.65. The van der Waals surface area contributed by atoms with Crippen LogP contribution >= 0.6 is 11.8 Å². The molecule has 0 aliphatic carbocycles. The first-order valence-electron chi connectivity index (χ1n) is 6.57. The first-order valence-corrected chi connectivity index (χ1v) is 7.96. The summed E-state index contributed by atoms with van der Waals surface area (Å²) in [6.45, 7) is 8.23. The standard InChI is InChI=1S/C13H26N2OS/c1-5-11(8-17-4)15-12(16)13(10(2)3)6-7-14-9-13/h10-11,14H,5-9H2,1-4H3,(H,15,16). The maximum atomic E-state index is 12.5. The summed E-state index contributed by atoms with van der Waals surface area (Å²) >= 11 is 1.80. The van der Waals surface area contributed by atoms with E-state index >= 15 is 0 Å². The highest BCUT2D eigenvalue weighted by Crippen LogP contribution is 2.34. The zero-order chi connectivity index (χ0) is 12.9. The van der Waals surface area contributed by atoms with Gasteiger partial charge in [-0.2, -0.15) is 11.8 Å². The topological polar surface area (TPSA) is 41.1 Å². The van der Waals surface area contributed by atoms with E-state index in [2.05, 4.69) is 37.7 Å². The van der Waals surface area contributed by atoms with Crippen molar-refractivity contribution in [1.29, 1.82) is 0 Å². The molecule has 0 spiro atoms. The van der Waals surface area contributed by atoms with E-state index in [1.807, 2.05) is 0 Å². The van der Waals surface area contributed by atoms with Gasteiger partial charge in [-0.3, -0.25) is 4.79 Å². The normalized spacial score (nSPS) is 26.2. The lowest BCUT2D eigenvalue weighted by molar-refractivity contribution is -0.133. The van der Waals surface area contributed by atoms with E-state index in [0.717, 1.165) is 31.7 Å². The molecule has 100 valence electrons. The third-order valence-corrected chi connectivity index (χ3v) is 4.68. The second-order valence-corrected chi connectivity index (χ2v) is 6.18. The molecular weight excluding hydrogens is 232 g/mol. The molecule has 0 aromatic rings. The first kappa shape index (κ1) is 14.8. The van der Waals surface area contributed by atoms with E-state index in [1.165, 1.54) is 0 Å². The van der Waals surface area contributed by atoms with Gasteiger partial charge in [-0.15, -0.1) is 0 Å². The van der Waals surface area contributed by atoms with Gasteiger partial charge in [0.25, 0.3) is 0 Å². The maximum Gasteiger partial charge on any atom is 0.228 e. The van der Waals surface area contributed by atoms with Crippen LogP contribution < -0.4 is 10.6 Å². The van der Waals surface area contributed by atoms with Gasteiger partial charge in [-0.05, 0) is 31.6 Å². The van der Waals surface area contributed by atoms with Crippen LogP contribution in [0.4, 0.5) is 0 Å². The van der Waals surface area contributed by atoms with Crippen LogP contribution in [0.5, 0.6) is 0 Å². The molecule has 1 saturated heterocycles. The predicted molar refractivity (Wildman–Crippen MR) is 75.4 cm³/mol. The van der Waals surface area contributed by atoms with Gasteiger partial charge >= 0.3 is 0 Å². The molecule has 1 aliphatic heterocycles. The number of carbonyl (C=O) groups is 1. The zero-order valence-corrected chi connectivity index (χ0v) is 12.3. The fraction of sp³-hybridized carbons (Fsp3) is 0.923. The summed E-state index contributed by atoms with van der Waals surface area (Å²) in [4.78, 5) is 12.5. The average molecular weight is 258 g/mol. The van der Waals surface area contributed by atoms with Crippen LogP contribution in [0.2, 0.25) is 0 Å². The molecule has 0 radical (unpaired) electrons. The monoisotopic (exact) mass is 258 g/mol. The lowest BCUT2D eigenvalue weighted by Gasteiger charge is -2.33. The van der Waals surface area contributed by atoms with Gasteiger partial charge in [0.05, 0.1) is 5.41 Å². The van der Waals surface area contributed by atoms with Gasteiger partial charge in [-0.1, -0.05) is 20.8 Å². The molecule has 3 nitrogen and oxygen atoms in total. The highest BCUT2D eigenvalue weighted by Gasteiger charge is 2.44. The van der Waals surface area contributed by atoms with Crippen molar-refractivity contribution in [2.75, 3.05) is 25.1 Å². The van der Waals surface area contributed by atoms with Crippen LogP contribution in [0.15, 0.2) is 0 Å². The average Bonchev–Trinajstić information content (AvgIpc) is 2.78. The van der Waals surface area contributed by atoms with Gasteiger partial charge in [0, 0.05) is 18.3 Å². The minimum atomic E-state index is -0.189. The highest BCUT2D eigenvalue weighted by molar-refractivity contribution is 7.98. The Hall–Kier alpha value is -0.220. The second kappa shape index (κ2) is 6.64. The highest BCUT2D eigenvalue weighted by atomic mass is 32.2. The summed E-state index contributed by atoms with van der Waals surface area (Å²) in [5.41, 5.74) is -0.189. The zero-order valence-electron chi connectivity index (χ0n) is 11.5. The number of nitrogens with one attached hydrogen (secondary N) is 2. The van der Waals surface area contributed by atoms with E-state index in [4.69, 9.17) is 0 Å². The first-order chi connectivity index (χ1) is 8.06. The number of hydrogen-bond acceptors (Lipinski definition) is 3. The van der Waals surface area contributed by atoms with Crippen molar-refractivity contribution >= 4 is 17.7 Å². The third-order valence-electron chi connectivity index (χ3n) is 3.94. The summed E-state index contributed by atoms with van der Waals surface area (Å²) in [5, 5.41) is 6.56. The Balaban J connectivity index is 2.66. The summed E-state index contributed by atoms with van der Waals surface area (Å²) in [6.07, 6.45) is 4.06. The fourth-order valence-corrected chi connectivity index (χ4v) is 3.17. The van der Waals surface area contributed by atoms with Crippen LogP contribution in [0.3, 0.4) is 0 Å². The van der Waals surface area contributed by atoms with Gasteiger partial charge < -0.3 is 10.6 Å². The van der Waals surface area contributed by atoms with Crippen LogP contribution in [0.1, 0.15) is 33.6 Å². The number of rotatable bonds is 6. The molecule has 17 heavy (non-hydrogen) atoms. The lowest BCUT2D eigenvalue weighted by atomic mass is 9.75. The molecule has 1 rings (SSSR count). The summed E-state index contributed by atoms with van der Waals surface area (Å²) < 4.78 is 0. The summed E-state index contributed by atoms with van der Waals surface area (Å²) in [6, 6.07) is 0.314. The van der Waals surface area contributed by atoms with Crippen LogP contribution in [-0.2, 0) is 4.79 Å². The van der Waals surface area contributed by atoms with E-state index in [-0.39, 0.29) is 11.3 Å². The van der Waals surface area contributed by atoms with Crippen molar-refractivity contribution in [1.82, 2.24) is 10.6 Å². The van der Waals surface area contributed by atoms with Gasteiger partial charge in [0.1, 0.15) is 0 Å². The van der Waals surface area contributed by atoms with E-state index in [0.29, 0.717) is 12.0 Å². The Labute approximate surface area is 109 Å². The quantitative estimate of drug-likeness (QED) is 0.764. The molecular formula is C13H26N2OS. The van der Waals surface area contributed by atoms with Crippen molar-refractivity contribution in [2.24, 2.45) is 11.3 Å². The predicted octanol–water partition coefficient (Wildman–Crippen LogP) is 1.88. The number of hydrogen-bond donors (Lipinski definition) is 2. The fourth-order valence-electron chi connectivity index (χ4n) is 2.45. The van der Waals surface area contributed by atoms with Crippen molar-refractivity contribution in [3.63, 3.8) is 0 Å². The lowest BCUT2D eigenvalue weighted by Crippen LogP contribution is -2.50. The minimum Gasteiger partial charge on any atom is -0.352 e. The minimum absolute atomic E-state index is 0.189. The number of amides is 1. The molecule has 0 bridgehead atoms. The van der Waals surface area contributed by atoms with E-state index in [1.54, 1.807) is 11.8 Å². The van der Waals surface area contributed by atoms with E-state index < -0.39 is 0 Å². The van der Waals surface area contributed by atoms with Crippen molar-refractivity contribution in [3.8, 4) is 0 Å². The molecule has 1 amide bonds.